The maximum Gasteiger partial charge on any atom is 0.417 e. The van der Waals surface area contributed by atoms with Crippen molar-refractivity contribution in [1.82, 2.24) is 20.0 Å². The largest absolute Gasteiger partial charge is 0.460 e. The predicted octanol–water partition coefficient (Wildman–Crippen LogP) is 5.92. The number of carbonyl (C=O) groups excluding carboxylic acids is 3. The summed E-state index contributed by atoms with van der Waals surface area (Å²) in [5.74, 6) is -1.04. The molecule has 2 amide bonds. The molecule has 1 unspecified atom stereocenters. The molecule has 1 saturated heterocycles. The molecule has 1 N–H and O–H groups in total. The third-order valence-electron chi connectivity index (χ3n) is 7.48. The molecule has 1 atom stereocenters. The number of esters is 1. The Morgan fingerprint density at radius 1 is 1.10 bits per heavy atom. The number of ether oxygens (including phenoxy) is 1. The van der Waals surface area contributed by atoms with Crippen molar-refractivity contribution in [2.24, 2.45) is 0 Å². The van der Waals surface area contributed by atoms with Crippen LogP contribution in [0.2, 0.25) is 0 Å². The van der Waals surface area contributed by atoms with Crippen LogP contribution in [0, 0.1) is 0 Å². The molecular formula is C30H39F3N4O4. The Bertz CT molecular complexity index is 1250. The van der Waals surface area contributed by atoms with Gasteiger partial charge in [-0.05, 0) is 65.0 Å². The van der Waals surface area contributed by atoms with Crippen LogP contribution in [0.15, 0.2) is 30.3 Å². The van der Waals surface area contributed by atoms with Crippen LogP contribution < -0.4 is 5.32 Å². The molecule has 1 saturated carbocycles. The molecule has 1 aliphatic carbocycles. The summed E-state index contributed by atoms with van der Waals surface area (Å²) in [5, 5.41) is 7.36. The van der Waals surface area contributed by atoms with Gasteiger partial charge >= 0.3 is 12.1 Å². The van der Waals surface area contributed by atoms with Crippen LogP contribution in [-0.2, 0) is 20.5 Å². The minimum Gasteiger partial charge on any atom is -0.460 e. The van der Waals surface area contributed by atoms with Gasteiger partial charge in [-0.25, -0.2) is 0 Å². The fourth-order valence-corrected chi connectivity index (χ4v) is 5.57. The number of nitrogens with zero attached hydrogens (tertiary/aromatic N) is 3. The lowest BCUT2D eigenvalue weighted by atomic mass is 10.0. The van der Waals surface area contributed by atoms with Crippen molar-refractivity contribution < 1.29 is 32.3 Å². The van der Waals surface area contributed by atoms with E-state index in [1.54, 1.807) is 30.4 Å². The van der Waals surface area contributed by atoms with E-state index in [0.717, 1.165) is 44.6 Å². The number of hydrogen-bond donors (Lipinski definition) is 1. The first-order chi connectivity index (χ1) is 19.3. The number of piperidine rings is 1. The summed E-state index contributed by atoms with van der Waals surface area (Å²) in [6, 6.07) is 5.93. The number of likely N-dealkylation sites (tertiary alicyclic amines) is 1. The number of amides is 2. The van der Waals surface area contributed by atoms with Crippen LogP contribution in [0.25, 0.3) is 11.3 Å². The number of halogens is 3. The van der Waals surface area contributed by atoms with Gasteiger partial charge in [0.2, 0.25) is 5.91 Å². The maximum atomic E-state index is 13.9. The van der Waals surface area contributed by atoms with Gasteiger partial charge in [0.25, 0.3) is 5.91 Å². The smallest absolute Gasteiger partial charge is 0.417 e. The lowest BCUT2D eigenvalue weighted by Gasteiger charge is -2.29. The van der Waals surface area contributed by atoms with Crippen LogP contribution in [0.1, 0.15) is 101 Å². The topological polar surface area (TPSA) is 93.5 Å². The number of carbonyl (C=O) groups is 3. The summed E-state index contributed by atoms with van der Waals surface area (Å²) < 4.78 is 48.7. The predicted molar refractivity (Wildman–Crippen MR) is 147 cm³/mol. The van der Waals surface area contributed by atoms with Gasteiger partial charge in [0.15, 0.2) is 5.69 Å². The highest BCUT2D eigenvalue weighted by Crippen LogP contribution is 2.40. The number of nitrogens with one attached hydrogen (secondary N) is 1. The van der Waals surface area contributed by atoms with Crippen LogP contribution in [-0.4, -0.2) is 57.2 Å². The van der Waals surface area contributed by atoms with E-state index in [1.165, 1.54) is 24.3 Å². The van der Waals surface area contributed by atoms with Gasteiger partial charge in [-0.3, -0.25) is 19.1 Å². The first-order valence-electron chi connectivity index (χ1n) is 14.4. The third-order valence-corrected chi connectivity index (χ3v) is 7.48. The van der Waals surface area contributed by atoms with E-state index in [1.807, 2.05) is 0 Å². The number of aromatic nitrogens is 2. The van der Waals surface area contributed by atoms with Gasteiger partial charge in [0.1, 0.15) is 5.60 Å². The van der Waals surface area contributed by atoms with Gasteiger partial charge in [0, 0.05) is 31.1 Å². The average molecular weight is 577 g/mol. The Morgan fingerprint density at radius 2 is 1.80 bits per heavy atom. The fourth-order valence-electron chi connectivity index (χ4n) is 5.57. The molecule has 11 heteroatoms. The van der Waals surface area contributed by atoms with Crippen molar-refractivity contribution in [2.75, 3.05) is 13.1 Å². The highest BCUT2D eigenvalue weighted by Gasteiger charge is 2.35. The minimum atomic E-state index is -4.58. The zero-order valence-electron chi connectivity index (χ0n) is 23.9. The standard InChI is InChI=1S/C30H39F3N4O4/c1-29(2,3)41-27(39)18-20(15-17-36-16-9-8-14-26(36)38)34-28(40)24-19-25(37(35-24)21-10-4-5-11-21)22-12-6-7-13-23(22)30(31,32)33/h6-7,12-13,19-21H,4-5,8-11,14-18H2,1-3H3,(H,34,40). The molecule has 8 nitrogen and oxygen atoms in total. The molecule has 1 aliphatic heterocycles. The van der Waals surface area contributed by atoms with Gasteiger partial charge in [-0.15, -0.1) is 0 Å². The Morgan fingerprint density at radius 3 is 2.46 bits per heavy atom. The van der Waals surface area contributed by atoms with Gasteiger partial charge < -0.3 is 15.0 Å². The van der Waals surface area contributed by atoms with E-state index >= 15 is 0 Å². The first kappa shape index (κ1) is 30.6. The lowest BCUT2D eigenvalue weighted by molar-refractivity contribution is -0.155. The Balaban J connectivity index is 1.60. The minimum absolute atomic E-state index is 0.0212. The van der Waals surface area contributed by atoms with Crippen LogP contribution >= 0.6 is 0 Å². The van der Waals surface area contributed by atoms with Crippen LogP contribution in [0.5, 0.6) is 0 Å². The second-order valence-electron chi connectivity index (χ2n) is 11.9. The van der Waals surface area contributed by atoms with Crippen molar-refractivity contribution in [3.05, 3.63) is 41.6 Å². The second-order valence-corrected chi connectivity index (χ2v) is 11.9. The van der Waals surface area contributed by atoms with Gasteiger partial charge in [-0.1, -0.05) is 31.0 Å². The fraction of sp³-hybridized carbons (Fsp3) is 0.600. The summed E-state index contributed by atoms with van der Waals surface area (Å²) in [6.07, 6.45) is 1.23. The van der Waals surface area contributed by atoms with E-state index in [9.17, 15) is 27.6 Å². The quantitative estimate of drug-likeness (QED) is 0.374. The summed E-state index contributed by atoms with van der Waals surface area (Å²) in [4.78, 5) is 40.2. The molecule has 0 radical (unpaired) electrons. The number of hydrogen-bond acceptors (Lipinski definition) is 5. The monoisotopic (exact) mass is 576 g/mol. The van der Waals surface area contributed by atoms with Crippen LogP contribution in [0.3, 0.4) is 0 Å². The molecule has 2 aromatic rings. The highest BCUT2D eigenvalue weighted by molar-refractivity contribution is 5.94. The van der Waals surface area contributed by atoms with Crippen LogP contribution in [0.4, 0.5) is 13.2 Å². The SMILES string of the molecule is CC(C)(C)OC(=O)CC(CCN1CCCCC1=O)NC(=O)c1cc(-c2ccccc2C(F)(F)F)n(C2CCCC2)n1. The maximum absolute atomic E-state index is 13.9. The second kappa shape index (κ2) is 12.7. The number of alkyl halides is 3. The molecule has 41 heavy (non-hydrogen) atoms. The molecule has 0 spiro atoms. The molecular weight excluding hydrogens is 537 g/mol. The molecule has 224 valence electrons. The molecule has 2 aliphatic rings. The van der Waals surface area contributed by atoms with Crippen molar-refractivity contribution >= 4 is 17.8 Å². The van der Waals surface area contributed by atoms with Gasteiger partial charge in [-0.2, -0.15) is 18.3 Å². The molecule has 2 heterocycles. The summed E-state index contributed by atoms with van der Waals surface area (Å²) >= 11 is 0. The molecule has 2 fully saturated rings. The van der Waals surface area contributed by atoms with E-state index in [2.05, 4.69) is 10.4 Å². The molecule has 4 rings (SSSR count). The third kappa shape index (κ3) is 8.10. The Labute approximate surface area is 238 Å². The highest BCUT2D eigenvalue weighted by atomic mass is 19.4. The summed E-state index contributed by atoms with van der Waals surface area (Å²) in [6.45, 7) is 6.25. The van der Waals surface area contributed by atoms with E-state index in [-0.39, 0.29) is 35.3 Å². The van der Waals surface area contributed by atoms with Crippen molar-refractivity contribution in [3.63, 3.8) is 0 Å². The average Bonchev–Trinajstić information content (AvgIpc) is 3.57. The van der Waals surface area contributed by atoms with E-state index in [0.29, 0.717) is 25.9 Å². The van der Waals surface area contributed by atoms with Crippen molar-refractivity contribution in [3.8, 4) is 11.3 Å². The van der Waals surface area contributed by atoms with Gasteiger partial charge in [0.05, 0.1) is 23.7 Å². The Hall–Kier alpha value is -3.37. The normalized spacial score (nSPS) is 17.5. The molecule has 0 bridgehead atoms. The molecule has 1 aromatic carbocycles. The summed E-state index contributed by atoms with van der Waals surface area (Å²) in [5.41, 5.74) is -1.33. The zero-order chi connectivity index (χ0) is 29.8. The van der Waals surface area contributed by atoms with Crippen molar-refractivity contribution in [1.29, 1.82) is 0 Å². The van der Waals surface area contributed by atoms with E-state index in [4.69, 9.17) is 4.74 Å². The lowest BCUT2D eigenvalue weighted by Crippen LogP contribution is -2.43. The summed E-state index contributed by atoms with van der Waals surface area (Å²) in [7, 11) is 0. The Kier molecular flexibility index (Phi) is 9.44. The number of rotatable bonds is 9. The van der Waals surface area contributed by atoms with E-state index < -0.39 is 35.3 Å². The first-order valence-corrected chi connectivity index (χ1v) is 14.4. The molecule has 1 aromatic heterocycles. The number of benzene rings is 1. The zero-order valence-corrected chi connectivity index (χ0v) is 23.9. The van der Waals surface area contributed by atoms with Crippen molar-refractivity contribution in [2.45, 2.75) is 102 Å².